The minimum Gasteiger partial charge on any atom is -0.385 e. The fourth-order valence-corrected chi connectivity index (χ4v) is 1.97. The van der Waals surface area contributed by atoms with Crippen molar-refractivity contribution in [1.29, 1.82) is 0 Å². The number of nitrogens with zero attached hydrogens (tertiary/aromatic N) is 1. The summed E-state index contributed by atoms with van der Waals surface area (Å²) in [5, 5.41) is 3.09. The Kier molecular flexibility index (Phi) is 4.90. The van der Waals surface area contributed by atoms with Crippen molar-refractivity contribution in [2.24, 2.45) is 0 Å². The number of halogens is 2. The molecule has 0 unspecified atom stereocenters. The number of morpholine rings is 1. The molecule has 5 heteroatoms. The van der Waals surface area contributed by atoms with Crippen molar-refractivity contribution in [2.75, 3.05) is 44.7 Å². The van der Waals surface area contributed by atoms with Crippen LogP contribution in [0.2, 0.25) is 0 Å². The minimum atomic E-state index is -0.812. The van der Waals surface area contributed by atoms with Crippen LogP contribution in [0.3, 0.4) is 0 Å². The van der Waals surface area contributed by atoms with E-state index in [0.29, 0.717) is 5.69 Å². The van der Waals surface area contributed by atoms with Gasteiger partial charge in [-0.05, 0) is 31.2 Å². The number of anilines is 1. The summed E-state index contributed by atoms with van der Waals surface area (Å²) in [5.74, 6) is -1.62. The van der Waals surface area contributed by atoms with E-state index in [1.807, 2.05) is 0 Å². The number of hydrogen-bond acceptors (Lipinski definition) is 3. The molecule has 3 nitrogen and oxygen atoms in total. The van der Waals surface area contributed by atoms with Crippen LogP contribution < -0.4 is 5.32 Å². The molecule has 18 heavy (non-hydrogen) atoms. The number of rotatable bonds is 5. The molecule has 2 rings (SSSR count). The van der Waals surface area contributed by atoms with Gasteiger partial charge in [0.15, 0.2) is 11.6 Å². The quantitative estimate of drug-likeness (QED) is 0.816. The molecule has 100 valence electrons. The standard InChI is InChI=1S/C13H18F2N2O/c14-12-3-2-11(10-13(12)15)16-4-1-5-17-6-8-18-9-7-17/h2-3,10,16H,1,4-9H2. The smallest absolute Gasteiger partial charge is 0.160 e. The predicted molar refractivity (Wildman–Crippen MR) is 66.7 cm³/mol. The number of nitrogens with one attached hydrogen (secondary N) is 1. The predicted octanol–water partition coefficient (Wildman–Crippen LogP) is 2.10. The van der Waals surface area contributed by atoms with Crippen molar-refractivity contribution in [3.8, 4) is 0 Å². The SMILES string of the molecule is Fc1ccc(NCCCN2CCOCC2)cc1F. The lowest BCUT2D eigenvalue weighted by Gasteiger charge is -2.26. The first-order valence-corrected chi connectivity index (χ1v) is 6.25. The first-order chi connectivity index (χ1) is 8.75. The van der Waals surface area contributed by atoms with Crippen LogP contribution in [-0.4, -0.2) is 44.3 Å². The van der Waals surface area contributed by atoms with Gasteiger partial charge in [-0.1, -0.05) is 0 Å². The molecular formula is C13H18F2N2O. The molecule has 1 fully saturated rings. The lowest BCUT2D eigenvalue weighted by molar-refractivity contribution is 0.0378. The average molecular weight is 256 g/mol. The molecule has 0 aromatic heterocycles. The molecule has 1 N–H and O–H groups in total. The van der Waals surface area contributed by atoms with Gasteiger partial charge in [0.25, 0.3) is 0 Å². The fraction of sp³-hybridized carbons (Fsp3) is 0.538. The molecule has 0 aliphatic carbocycles. The largest absolute Gasteiger partial charge is 0.385 e. The molecule has 1 aliphatic heterocycles. The normalized spacial score (nSPS) is 16.8. The third kappa shape index (κ3) is 3.92. The molecule has 1 aromatic carbocycles. The molecule has 1 saturated heterocycles. The zero-order valence-electron chi connectivity index (χ0n) is 10.3. The molecule has 1 heterocycles. The highest BCUT2D eigenvalue weighted by molar-refractivity contribution is 5.43. The van der Waals surface area contributed by atoms with Gasteiger partial charge in [0.1, 0.15) is 0 Å². The van der Waals surface area contributed by atoms with Crippen molar-refractivity contribution in [3.05, 3.63) is 29.8 Å². The Morgan fingerprint density at radius 1 is 1.17 bits per heavy atom. The first kappa shape index (κ1) is 13.2. The zero-order chi connectivity index (χ0) is 12.8. The van der Waals surface area contributed by atoms with Gasteiger partial charge in [-0.2, -0.15) is 0 Å². The molecule has 1 aromatic rings. The first-order valence-electron chi connectivity index (χ1n) is 6.25. The number of benzene rings is 1. The fourth-order valence-electron chi connectivity index (χ4n) is 1.97. The second kappa shape index (κ2) is 6.66. The van der Waals surface area contributed by atoms with E-state index in [9.17, 15) is 8.78 Å². The van der Waals surface area contributed by atoms with E-state index >= 15 is 0 Å². The van der Waals surface area contributed by atoms with Crippen molar-refractivity contribution >= 4 is 5.69 Å². The third-order valence-electron chi connectivity index (χ3n) is 3.00. The summed E-state index contributed by atoms with van der Waals surface area (Å²) >= 11 is 0. The number of hydrogen-bond donors (Lipinski definition) is 1. The third-order valence-corrected chi connectivity index (χ3v) is 3.00. The van der Waals surface area contributed by atoms with Gasteiger partial charge in [-0.3, -0.25) is 4.90 Å². The van der Waals surface area contributed by atoms with Crippen LogP contribution in [0.4, 0.5) is 14.5 Å². The summed E-state index contributed by atoms with van der Waals surface area (Å²) in [5.41, 5.74) is 0.621. The van der Waals surface area contributed by atoms with Crippen LogP contribution in [0.15, 0.2) is 18.2 Å². The molecule has 0 bridgehead atoms. The summed E-state index contributed by atoms with van der Waals surface area (Å²) in [7, 11) is 0. The molecule has 0 spiro atoms. The molecule has 0 saturated carbocycles. The second-order valence-electron chi connectivity index (χ2n) is 4.36. The summed E-state index contributed by atoms with van der Waals surface area (Å²) in [6.07, 6.45) is 0.971. The van der Waals surface area contributed by atoms with Gasteiger partial charge in [-0.15, -0.1) is 0 Å². The Bertz CT molecular complexity index is 381. The van der Waals surface area contributed by atoms with Crippen LogP contribution in [0.5, 0.6) is 0 Å². The van der Waals surface area contributed by atoms with E-state index in [-0.39, 0.29) is 0 Å². The van der Waals surface area contributed by atoms with Gasteiger partial charge < -0.3 is 10.1 Å². The lowest BCUT2D eigenvalue weighted by Crippen LogP contribution is -2.37. The Balaban J connectivity index is 1.66. The molecule has 1 aliphatic rings. The molecular weight excluding hydrogens is 238 g/mol. The number of ether oxygens (including phenoxy) is 1. The second-order valence-corrected chi connectivity index (χ2v) is 4.36. The Labute approximate surface area is 106 Å². The Morgan fingerprint density at radius 2 is 1.94 bits per heavy atom. The van der Waals surface area contributed by atoms with Crippen molar-refractivity contribution in [1.82, 2.24) is 4.90 Å². The monoisotopic (exact) mass is 256 g/mol. The van der Waals surface area contributed by atoms with Gasteiger partial charge in [0.05, 0.1) is 13.2 Å². The summed E-state index contributed by atoms with van der Waals surface area (Å²) in [4.78, 5) is 2.34. The Morgan fingerprint density at radius 3 is 2.67 bits per heavy atom. The zero-order valence-corrected chi connectivity index (χ0v) is 10.3. The molecule has 0 atom stereocenters. The van der Waals surface area contributed by atoms with Gasteiger partial charge in [0, 0.05) is 25.3 Å². The summed E-state index contributed by atoms with van der Waals surface area (Å²) in [6.45, 7) is 5.31. The van der Waals surface area contributed by atoms with E-state index in [0.717, 1.165) is 51.9 Å². The van der Waals surface area contributed by atoms with E-state index in [2.05, 4.69) is 10.2 Å². The van der Waals surface area contributed by atoms with E-state index < -0.39 is 11.6 Å². The van der Waals surface area contributed by atoms with Gasteiger partial charge in [0.2, 0.25) is 0 Å². The van der Waals surface area contributed by atoms with Crippen molar-refractivity contribution in [3.63, 3.8) is 0 Å². The summed E-state index contributed by atoms with van der Waals surface area (Å²) in [6, 6.07) is 3.87. The van der Waals surface area contributed by atoms with E-state index in [1.54, 1.807) is 6.07 Å². The highest BCUT2D eigenvalue weighted by Gasteiger charge is 2.09. The van der Waals surface area contributed by atoms with E-state index in [1.165, 1.54) is 6.07 Å². The van der Waals surface area contributed by atoms with Crippen molar-refractivity contribution in [2.45, 2.75) is 6.42 Å². The lowest BCUT2D eigenvalue weighted by atomic mass is 10.3. The minimum absolute atomic E-state index is 0.621. The van der Waals surface area contributed by atoms with Crippen LogP contribution in [0.25, 0.3) is 0 Å². The maximum Gasteiger partial charge on any atom is 0.160 e. The van der Waals surface area contributed by atoms with Crippen LogP contribution in [-0.2, 0) is 4.74 Å². The average Bonchev–Trinajstić information content (AvgIpc) is 2.40. The van der Waals surface area contributed by atoms with E-state index in [4.69, 9.17) is 4.74 Å². The van der Waals surface area contributed by atoms with Crippen LogP contribution >= 0.6 is 0 Å². The maximum atomic E-state index is 12.9. The highest BCUT2D eigenvalue weighted by Crippen LogP contribution is 2.12. The maximum absolute atomic E-state index is 12.9. The van der Waals surface area contributed by atoms with Gasteiger partial charge in [-0.25, -0.2) is 8.78 Å². The topological polar surface area (TPSA) is 24.5 Å². The molecule has 0 radical (unpaired) electrons. The summed E-state index contributed by atoms with van der Waals surface area (Å²) < 4.78 is 30.9. The van der Waals surface area contributed by atoms with Crippen molar-refractivity contribution < 1.29 is 13.5 Å². The molecule has 0 amide bonds. The highest BCUT2D eigenvalue weighted by atomic mass is 19.2. The van der Waals surface area contributed by atoms with Crippen LogP contribution in [0.1, 0.15) is 6.42 Å². The Hall–Kier alpha value is -1.20. The van der Waals surface area contributed by atoms with Gasteiger partial charge >= 0.3 is 0 Å². The van der Waals surface area contributed by atoms with Crippen LogP contribution in [0, 0.1) is 11.6 Å².